The van der Waals surface area contributed by atoms with Gasteiger partial charge in [-0.3, -0.25) is 0 Å². The maximum atomic E-state index is 5.24. The summed E-state index contributed by atoms with van der Waals surface area (Å²) < 4.78 is 5.24. The quantitative estimate of drug-likeness (QED) is 0.664. The van der Waals surface area contributed by atoms with Crippen molar-refractivity contribution in [1.82, 2.24) is 0 Å². The van der Waals surface area contributed by atoms with E-state index in [2.05, 4.69) is 6.07 Å². The molecule has 0 amide bonds. The van der Waals surface area contributed by atoms with Gasteiger partial charge in [-0.15, -0.1) is 0 Å². The Hall–Kier alpha value is 0.163. The van der Waals surface area contributed by atoms with Gasteiger partial charge in [0.15, 0.2) is 0 Å². The normalized spacial score (nSPS) is 11.7. The molecule has 1 heterocycles. The first kappa shape index (κ1) is 12.2. The second kappa shape index (κ2) is 5.75. The molecule has 0 saturated heterocycles. The molecule has 0 spiro atoms. The molecule has 1 radical (unpaired) electrons. The summed E-state index contributed by atoms with van der Waals surface area (Å²) in [6, 6.07) is 8.08. The maximum absolute atomic E-state index is 5.24. The summed E-state index contributed by atoms with van der Waals surface area (Å²) in [5.41, 5.74) is 1.27. The van der Waals surface area contributed by atoms with Crippen molar-refractivity contribution in [3.05, 3.63) is 42.2 Å². The first-order chi connectivity index (χ1) is 4.97. The van der Waals surface area contributed by atoms with Crippen LogP contribution in [0.15, 0.2) is 36.6 Å². The average Bonchev–Trinajstić information content (AvgIpc) is 2.05. The molecule has 0 atom stereocenters. The Balaban J connectivity index is 0.000000605. The van der Waals surface area contributed by atoms with Crippen LogP contribution < -0.4 is 4.74 Å². The SMILES string of the molecule is C1=COc2ccccc2C1.[Cu].[Zr]. The third-order valence-corrected chi connectivity index (χ3v) is 1.60. The van der Waals surface area contributed by atoms with Crippen molar-refractivity contribution in [2.45, 2.75) is 6.42 Å². The summed E-state index contributed by atoms with van der Waals surface area (Å²) >= 11 is 0. The largest absolute Gasteiger partial charge is 0.465 e. The van der Waals surface area contributed by atoms with Crippen molar-refractivity contribution in [3.8, 4) is 5.75 Å². The van der Waals surface area contributed by atoms with Crippen molar-refractivity contribution < 1.29 is 48.0 Å². The van der Waals surface area contributed by atoms with Crippen LogP contribution >= 0.6 is 0 Å². The van der Waals surface area contributed by atoms with Gasteiger partial charge in [-0.2, -0.15) is 0 Å². The molecule has 0 N–H and O–H groups in total. The molecule has 0 unspecified atom stereocenters. The molecule has 1 aromatic carbocycles. The molecule has 65 valence electrons. The summed E-state index contributed by atoms with van der Waals surface area (Å²) in [6.07, 6.45) is 4.75. The van der Waals surface area contributed by atoms with Crippen LogP contribution in [-0.2, 0) is 49.7 Å². The third kappa shape index (κ3) is 2.59. The van der Waals surface area contributed by atoms with E-state index in [1.807, 2.05) is 24.3 Å². The number of benzene rings is 1. The van der Waals surface area contributed by atoms with E-state index in [1.165, 1.54) is 5.56 Å². The van der Waals surface area contributed by atoms with E-state index in [9.17, 15) is 0 Å². The fraction of sp³-hybridized carbons (Fsp3) is 0.111. The summed E-state index contributed by atoms with van der Waals surface area (Å²) in [5.74, 6) is 0.991. The summed E-state index contributed by atoms with van der Waals surface area (Å²) in [4.78, 5) is 0. The van der Waals surface area contributed by atoms with Crippen LogP contribution in [0.1, 0.15) is 5.56 Å². The van der Waals surface area contributed by atoms with Crippen molar-refractivity contribution in [3.63, 3.8) is 0 Å². The second-order valence-electron chi connectivity index (χ2n) is 2.30. The number of hydrogen-bond donors (Lipinski definition) is 0. The Morgan fingerprint density at radius 2 is 1.92 bits per heavy atom. The number of rotatable bonds is 0. The zero-order valence-electron chi connectivity index (χ0n) is 6.38. The van der Waals surface area contributed by atoms with E-state index in [-0.39, 0.29) is 43.3 Å². The van der Waals surface area contributed by atoms with Crippen LogP contribution in [0.5, 0.6) is 5.75 Å². The Morgan fingerprint density at radius 3 is 2.67 bits per heavy atom. The monoisotopic (exact) mass is 285 g/mol. The smallest absolute Gasteiger partial charge is 0.130 e. The first-order valence-corrected chi connectivity index (χ1v) is 3.36. The summed E-state index contributed by atoms with van der Waals surface area (Å²) in [5, 5.41) is 0. The summed E-state index contributed by atoms with van der Waals surface area (Å²) in [7, 11) is 0. The maximum Gasteiger partial charge on any atom is 0.130 e. The minimum absolute atomic E-state index is 0. The van der Waals surface area contributed by atoms with Crippen LogP contribution in [0, 0.1) is 0 Å². The molecule has 0 aromatic heterocycles. The van der Waals surface area contributed by atoms with E-state index in [0.717, 1.165) is 12.2 Å². The molecule has 12 heavy (non-hydrogen) atoms. The van der Waals surface area contributed by atoms with E-state index in [4.69, 9.17) is 4.74 Å². The molecular weight excluding hydrogens is 279 g/mol. The van der Waals surface area contributed by atoms with Crippen LogP contribution in [0.4, 0.5) is 0 Å². The molecule has 0 bridgehead atoms. The van der Waals surface area contributed by atoms with E-state index >= 15 is 0 Å². The van der Waals surface area contributed by atoms with Gasteiger partial charge < -0.3 is 4.74 Å². The molecule has 0 fully saturated rings. The zero-order chi connectivity index (χ0) is 6.81. The van der Waals surface area contributed by atoms with Gasteiger partial charge >= 0.3 is 0 Å². The van der Waals surface area contributed by atoms with E-state index < -0.39 is 0 Å². The zero-order valence-corrected chi connectivity index (χ0v) is 9.78. The van der Waals surface area contributed by atoms with Gasteiger partial charge in [-0.05, 0) is 24.1 Å². The van der Waals surface area contributed by atoms with Gasteiger partial charge in [0.1, 0.15) is 5.75 Å². The van der Waals surface area contributed by atoms with E-state index in [0.29, 0.717) is 0 Å². The van der Waals surface area contributed by atoms with Gasteiger partial charge in [0.2, 0.25) is 0 Å². The number of hydrogen-bond acceptors (Lipinski definition) is 1. The Bertz CT molecular complexity index is 246. The predicted molar refractivity (Wildman–Crippen MR) is 39.9 cm³/mol. The van der Waals surface area contributed by atoms with Crippen LogP contribution in [0.3, 0.4) is 0 Å². The summed E-state index contributed by atoms with van der Waals surface area (Å²) in [6.45, 7) is 0. The minimum atomic E-state index is 0. The molecule has 0 aliphatic carbocycles. The fourth-order valence-electron chi connectivity index (χ4n) is 1.08. The van der Waals surface area contributed by atoms with Gasteiger partial charge in [0, 0.05) is 43.3 Å². The van der Waals surface area contributed by atoms with Gasteiger partial charge in [-0.25, -0.2) is 0 Å². The molecule has 1 aromatic rings. The van der Waals surface area contributed by atoms with Crippen LogP contribution in [0.25, 0.3) is 0 Å². The molecule has 2 rings (SSSR count). The van der Waals surface area contributed by atoms with Crippen molar-refractivity contribution in [2.75, 3.05) is 0 Å². The molecule has 1 nitrogen and oxygen atoms in total. The van der Waals surface area contributed by atoms with Crippen molar-refractivity contribution >= 4 is 0 Å². The van der Waals surface area contributed by atoms with Crippen LogP contribution in [-0.4, -0.2) is 0 Å². The molecular formula is C9H8CuOZr. The number of allylic oxidation sites excluding steroid dienone is 1. The second-order valence-corrected chi connectivity index (χ2v) is 2.30. The third-order valence-electron chi connectivity index (χ3n) is 1.60. The van der Waals surface area contributed by atoms with Gasteiger partial charge in [-0.1, -0.05) is 18.2 Å². The Morgan fingerprint density at radius 1 is 1.17 bits per heavy atom. The topological polar surface area (TPSA) is 9.23 Å². The fourth-order valence-corrected chi connectivity index (χ4v) is 1.08. The first-order valence-electron chi connectivity index (χ1n) is 3.36. The molecule has 1 aliphatic heterocycles. The molecule has 3 heteroatoms. The Labute approximate surface area is 102 Å². The minimum Gasteiger partial charge on any atom is -0.465 e. The standard InChI is InChI=1S/C9H8O.Cu.Zr/c1-2-6-9-8(4-1)5-3-7-10-9;;/h1-4,6-7H,5H2;;. The predicted octanol–water partition coefficient (Wildman–Crippen LogP) is 2.13. The molecule has 0 saturated carbocycles. The van der Waals surface area contributed by atoms with Gasteiger partial charge in [0.25, 0.3) is 0 Å². The number of para-hydroxylation sites is 1. The number of fused-ring (bicyclic) bond motifs is 1. The van der Waals surface area contributed by atoms with Crippen molar-refractivity contribution in [1.29, 1.82) is 0 Å². The number of ether oxygens (including phenoxy) is 1. The van der Waals surface area contributed by atoms with Gasteiger partial charge in [0.05, 0.1) is 6.26 Å². The average molecular weight is 287 g/mol. The molecule has 1 aliphatic rings. The van der Waals surface area contributed by atoms with E-state index in [1.54, 1.807) is 6.26 Å². The Kier molecular flexibility index (Phi) is 5.83. The van der Waals surface area contributed by atoms with Crippen molar-refractivity contribution in [2.24, 2.45) is 0 Å². The van der Waals surface area contributed by atoms with Crippen LogP contribution in [0.2, 0.25) is 0 Å².